The molecule has 1 heterocycles. The quantitative estimate of drug-likeness (QED) is 0.801. The SMILES string of the molecule is CCCS(=O)(=O)NC(=O)C1(C)CCN1C(=O)C/C=C/c1ccccc1. The van der Waals surface area contributed by atoms with E-state index in [0.29, 0.717) is 19.4 Å². The Balaban J connectivity index is 1.96. The first-order chi connectivity index (χ1) is 11.8. The number of sulfonamides is 1. The molecule has 0 radical (unpaired) electrons. The van der Waals surface area contributed by atoms with Crippen molar-refractivity contribution in [2.75, 3.05) is 12.3 Å². The largest absolute Gasteiger partial charge is 0.328 e. The van der Waals surface area contributed by atoms with Crippen LogP contribution in [0.25, 0.3) is 6.08 Å². The van der Waals surface area contributed by atoms with E-state index in [1.54, 1.807) is 19.9 Å². The molecule has 0 aliphatic carbocycles. The van der Waals surface area contributed by atoms with Gasteiger partial charge in [0.2, 0.25) is 15.9 Å². The molecule has 136 valence electrons. The minimum Gasteiger partial charge on any atom is -0.328 e. The van der Waals surface area contributed by atoms with Crippen molar-refractivity contribution in [1.82, 2.24) is 9.62 Å². The van der Waals surface area contributed by atoms with E-state index < -0.39 is 21.5 Å². The highest BCUT2D eigenvalue weighted by Gasteiger charge is 2.49. The van der Waals surface area contributed by atoms with Crippen molar-refractivity contribution in [2.24, 2.45) is 0 Å². The smallest absolute Gasteiger partial charge is 0.259 e. The predicted molar refractivity (Wildman–Crippen MR) is 97.0 cm³/mol. The van der Waals surface area contributed by atoms with Crippen LogP contribution in [0, 0.1) is 0 Å². The predicted octanol–water partition coefficient (Wildman–Crippen LogP) is 1.94. The standard InChI is InChI=1S/C18H24N2O4S/c1-3-14-25(23,24)19-17(22)18(2)12-13-20(18)16(21)11-7-10-15-8-5-4-6-9-15/h4-10H,3,11-14H2,1-2H3,(H,19,22)/b10-7+. The molecule has 1 fully saturated rings. The van der Waals surface area contributed by atoms with Crippen molar-refractivity contribution in [3.8, 4) is 0 Å². The van der Waals surface area contributed by atoms with Gasteiger partial charge < -0.3 is 4.90 Å². The van der Waals surface area contributed by atoms with Crippen LogP contribution < -0.4 is 4.72 Å². The van der Waals surface area contributed by atoms with Gasteiger partial charge in [-0.1, -0.05) is 49.4 Å². The first-order valence-electron chi connectivity index (χ1n) is 8.35. The summed E-state index contributed by atoms with van der Waals surface area (Å²) in [6, 6.07) is 9.60. The molecule has 2 amide bonds. The molecule has 1 N–H and O–H groups in total. The van der Waals surface area contributed by atoms with Crippen molar-refractivity contribution in [3.63, 3.8) is 0 Å². The van der Waals surface area contributed by atoms with Gasteiger partial charge in [0.1, 0.15) is 5.54 Å². The first kappa shape index (κ1) is 19.2. The molecule has 1 aromatic rings. The summed E-state index contributed by atoms with van der Waals surface area (Å²) in [6.07, 6.45) is 4.64. The lowest BCUT2D eigenvalue weighted by molar-refractivity contribution is -0.155. The van der Waals surface area contributed by atoms with Crippen LogP contribution in [-0.2, 0) is 19.6 Å². The van der Waals surface area contributed by atoms with Crippen LogP contribution in [0.1, 0.15) is 38.7 Å². The zero-order valence-electron chi connectivity index (χ0n) is 14.6. The Morgan fingerprint density at radius 1 is 1.28 bits per heavy atom. The van der Waals surface area contributed by atoms with E-state index in [0.717, 1.165) is 5.56 Å². The fourth-order valence-electron chi connectivity index (χ4n) is 2.74. The highest BCUT2D eigenvalue weighted by molar-refractivity contribution is 7.90. The highest BCUT2D eigenvalue weighted by Crippen LogP contribution is 2.31. The van der Waals surface area contributed by atoms with Gasteiger partial charge in [-0.05, 0) is 25.3 Å². The molecule has 1 aliphatic rings. The van der Waals surface area contributed by atoms with E-state index in [2.05, 4.69) is 4.72 Å². The maximum Gasteiger partial charge on any atom is 0.259 e. The molecular weight excluding hydrogens is 340 g/mol. The Hall–Kier alpha value is -2.15. The van der Waals surface area contributed by atoms with Crippen LogP contribution in [0.2, 0.25) is 0 Å². The summed E-state index contributed by atoms with van der Waals surface area (Å²) >= 11 is 0. The molecule has 0 saturated carbocycles. The maximum atomic E-state index is 12.4. The number of benzene rings is 1. The minimum absolute atomic E-state index is 0.109. The monoisotopic (exact) mass is 364 g/mol. The molecule has 1 aliphatic heterocycles. The lowest BCUT2D eigenvalue weighted by atomic mass is 9.85. The van der Waals surface area contributed by atoms with Crippen LogP contribution >= 0.6 is 0 Å². The summed E-state index contributed by atoms with van der Waals surface area (Å²) < 4.78 is 25.7. The van der Waals surface area contributed by atoms with E-state index in [-0.39, 0.29) is 18.1 Å². The van der Waals surface area contributed by atoms with Crippen LogP contribution in [0.3, 0.4) is 0 Å². The number of carbonyl (C=O) groups excluding carboxylic acids is 2. The minimum atomic E-state index is -3.64. The van der Waals surface area contributed by atoms with Gasteiger partial charge in [0.05, 0.1) is 5.75 Å². The molecule has 1 saturated heterocycles. The van der Waals surface area contributed by atoms with Crippen molar-refractivity contribution in [3.05, 3.63) is 42.0 Å². The topological polar surface area (TPSA) is 83.6 Å². The van der Waals surface area contributed by atoms with Crippen LogP contribution in [0.5, 0.6) is 0 Å². The van der Waals surface area contributed by atoms with Gasteiger partial charge in [-0.25, -0.2) is 8.42 Å². The second-order valence-electron chi connectivity index (χ2n) is 6.34. The third-order valence-corrected chi connectivity index (χ3v) is 5.77. The summed E-state index contributed by atoms with van der Waals surface area (Å²) in [6.45, 7) is 3.78. The Morgan fingerprint density at radius 3 is 2.52 bits per heavy atom. The molecule has 0 bridgehead atoms. The molecule has 2 rings (SSSR count). The van der Waals surface area contributed by atoms with Crippen molar-refractivity contribution < 1.29 is 18.0 Å². The number of hydrogen-bond donors (Lipinski definition) is 1. The number of hydrogen-bond acceptors (Lipinski definition) is 4. The van der Waals surface area contributed by atoms with Crippen molar-refractivity contribution in [1.29, 1.82) is 0 Å². The lowest BCUT2D eigenvalue weighted by Crippen LogP contribution is -2.67. The van der Waals surface area contributed by atoms with E-state index in [1.165, 1.54) is 4.90 Å². The van der Waals surface area contributed by atoms with Crippen LogP contribution in [0.15, 0.2) is 36.4 Å². The molecule has 1 unspecified atom stereocenters. The molecule has 7 heteroatoms. The second kappa shape index (κ2) is 7.82. The number of carbonyl (C=O) groups is 2. The van der Waals surface area contributed by atoms with Gasteiger partial charge in [-0.15, -0.1) is 0 Å². The normalized spacial score (nSPS) is 20.3. The van der Waals surface area contributed by atoms with E-state index in [4.69, 9.17) is 0 Å². The van der Waals surface area contributed by atoms with Gasteiger partial charge in [0.25, 0.3) is 5.91 Å². The van der Waals surface area contributed by atoms with E-state index in [9.17, 15) is 18.0 Å². The Bertz CT molecular complexity index is 759. The van der Waals surface area contributed by atoms with Crippen LogP contribution in [0.4, 0.5) is 0 Å². The van der Waals surface area contributed by atoms with Gasteiger partial charge in [-0.2, -0.15) is 0 Å². The second-order valence-corrected chi connectivity index (χ2v) is 8.18. The highest BCUT2D eigenvalue weighted by atomic mass is 32.2. The third-order valence-electron chi connectivity index (χ3n) is 4.33. The van der Waals surface area contributed by atoms with Crippen LogP contribution in [-0.4, -0.2) is 43.0 Å². The van der Waals surface area contributed by atoms with E-state index in [1.807, 2.05) is 36.4 Å². The fraction of sp³-hybridized carbons (Fsp3) is 0.444. The Morgan fingerprint density at radius 2 is 1.96 bits per heavy atom. The van der Waals surface area contributed by atoms with E-state index >= 15 is 0 Å². The molecule has 1 atom stereocenters. The van der Waals surface area contributed by atoms with Gasteiger partial charge in [-0.3, -0.25) is 14.3 Å². The average molecular weight is 364 g/mol. The fourth-order valence-corrected chi connectivity index (χ4v) is 3.88. The van der Waals surface area contributed by atoms with Crippen molar-refractivity contribution in [2.45, 2.75) is 38.6 Å². The molecule has 25 heavy (non-hydrogen) atoms. The zero-order chi connectivity index (χ0) is 18.5. The summed E-state index contributed by atoms with van der Waals surface area (Å²) in [4.78, 5) is 26.2. The molecule has 6 nitrogen and oxygen atoms in total. The van der Waals surface area contributed by atoms with Gasteiger partial charge in [0.15, 0.2) is 0 Å². The van der Waals surface area contributed by atoms with Crippen molar-refractivity contribution >= 4 is 27.9 Å². The van der Waals surface area contributed by atoms with Gasteiger partial charge >= 0.3 is 0 Å². The number of nitrogens with one attached hydrogen (secondary N) is 1. The maximum absolute atomic E-state index is 12.4. The van der Waals surface area contributed by atoms with Gasteiger partial charge in [0, 0.05) is 13.0 Å². The average Bonchev–Trinajstić information content (AvgIpc) is 2.53. The summed E-state index contributed by atoms with van der Waals surface area (Å²) in [7, 11) is -3.64. The molecule has 0 spiro atoms. The third kappa shape index (κ3) is 4.69. The number of nitrogens with zero attached hydrogens (tertiary/aromatic N) is 1. The number of amides is 2. The summed E-state index contributed by atoms with van der Waals surface area (Å²) in [5, 5.41) is 0. The zero-order valence-corrected chi connectivity index (χ0v) is 15.4. The molecule has 1 aromatic carbocycles. The summed E-state index contributed by atoms with van der Waals surface area (Å²) in [5.41, 5.74) is -0.108. The number of rotatable bonds is 7. The lowest BCUT2D eigenvalue weighted by Gasteiger charge is -2.48. The Labute approximate surface area is 149 Å². The molecular formula is C18H24N2O4S. The molecule has 0 aromatic heterocycles. The Kier molecular flexibility index (Phi) is 6.00. The first-order valence-corrected chi connectivity index (χ1v) is 10.0. The number of likely N-dealkylation sites (tertiary alicyclic amines) is 1. The summed E-state index contributed by atoms with van der Waals surface area (Å²) in [5.74, 6) is -0.931.